The van der Waals surface area contributed by atoms with E-state index in [1.807, 2.05) is 0 Å². The highest BCUT2D eigenvalue weighted by Crippen LogP contribution is 2.38. The molecule has 2 rings (SSSR count). The van der Waals surface area contributed by atoms with Crippen molar-refractivity contribution in [2.24, 2.45) is 0 Å². The Kier molecular flexibility index (Phi) is 4.74. The van der Waals surface area contributed by atoms with Gasteiger partial charge in [-0.15, -0.1) is 11.3 Å². The van der Waals surface area contributed by atoms with Crippen molar-refractivity contribution in [3.63, 3.8) is 0 Å². The molecular formula is C14H16N2O3S. The van der Waals surface area contributed by atoms with E-state index in [4.69, 9.17) is 4.74 Å². The zero-order chi connectivity index (χ0) is 14.5. The standard InChI is InChI=1S/C14H16N2O3S/c1-2-19-13(18)7-6-12(17)16-14-10(8-15)9-4-3-5-11(9)20-14/h2-7H2,1H3,(H,16,17). The topological polar surface area (TPSA) is 79.2 Å². The van der Waals surface area contributed by atoms with Crippen molar-refractivity contribution in [2.75, 3.05) is 11.9 Å². The molecule has 1 N–H and O–H groups in total. The summed E-state index contributed by atoms with van der Waals surface area (Å²) in [5.74, 6) is -0.633. The molecule has 0 aliphatic heterocycles. The van der Waals surface area contributed by atoms with Crippen molar-refractivity contribution in [1.82, 2.24) is 0 Å². The molecule has 6 heteroatoms. The van der Waals surface area contributed by atoms with Gasteiger partial charge >= 0.3 is 5.97 Å². The average molecular weight is 292 g/mol. The lowest BCUT2D eigenvalue weighted by atomic mass is 10.1. The third kappa shape index (κ3) is 3.17. The van der Waals surface area contributed by atoms with Crippen LogP contribution < -0.4 is 5.32 Å². The van der Waals surface area contributed by atoms with E-state index in [0.29, 0.717) is 17.2 Å². The molecule has 20 heavy (non-hydrogen) atoms. The van der Waals surface area contributed by atoms with Crippen molar-refractivity contribution >= 4 is 28.2 Å². The van der Waals surface area contributed by atoms with Crippen molar-refractivity contribution in [1.29, 1.82) is 5.26 Å². The van der Waals surface area contributed by atoms with E-state index in [9.17, 15) is 14.9 Å². The predicted molar refractivity (Wildman–Crippen MR) is 75.6 cm³/mol. The number of nitrogens with one attached hydrogen (secondary N) is 1. The Hall–Kier alpha value is -1.87. The molecule has 0 unspecified atom stereocenters. The fourth-order valence-corrected chi connectivity index (χ4v) is 3.50. The van der Waals surface area contributed by atoms with Crippen LogP contribution in [-0.4, -0.2) is 18.5 Å². The Morgan fingerprint density at radius 2 is 2.20 bits per heavy atom. The number of carbonyl (C=O) groups excluding carboxylic acids is 2. The van der Waals surface area contributed by atoms with Gasteiger partial charge in [-0.25, -0.2) is 0 Å². The normalized spacial score (nSPS) is 12.6. The number of aryl methyl sites for hydroxylation is 1. The van der Waals surface area contributed by atoms with Crippen LogP contribution in [0.15, 0.2) is 0 Å². The summed E-state index contributed by atoms with van der Waals surface area (Å²) in [4.78, 5) is 24.2. The van der Waals surface area contributed by atoms with E-state index in [-0.39, 0.29) is 24.7 Å². The first-order valence-electron chi connectivity index (χ1n) is 6.65. The second kappa shape index (κ2) is 6.53. The Morgan fingerprint density at radius 1 is 1.40 bits per heavy atom. The van der Waals surface area contributed by atoms with Crippen LogP contribution in [0.25, 0.3) is 0 Å². The minimum Gasteiger partial charge on any atom is -0.466 e. The van der Waals surface area contributed by atoms with Crippen LogP contribution in [0.5, 0.6) is 0 Å². The fraction of sp³-hybridized carbons (Fsp3) is 0.500. The highest BCUT2D eigenvalue weighted by molar-refractivity contribution is 7.16. The van der Waals surface area contributed by atoms with Gasteiger partial charge < -0.3 is 10.1 Å². The largest absolute Gasteiger partial charge is 0.466 e. The van der Waals surface area contributed by atoms with Gasteiger partial charge in [-0.3, -0.25) is 9.59 Å². The zero-order valence-electron chi connectivity index (χ0n) is 11.3. The molecule has 106 valence electrons. The molecule has 1 aliphatic rings. The van der Waals surface area contributed by atoms with Gasteiger partial charge in [0.2, 0.25) is 5.91 Å². The maximum Gasteiger partial charge on any atom is 0.306 e. The lowest BCUT2D eigenvalue weighted by Gasteiger charge is -2.04. The van der Waals surface area contributed by atoms with E-state index in [0.717, 1.165) is 24.8 Å². The first-order chi connectivity index (χ1) is 9.65. The van der Waals surface area contributed by atoms with Crippen LogP contribution in [-0.2, 0) is 27.2 Å². The van der Waals surface area contributed by atoms with Gasteiger partial charge in [-0.1, -0.05) is 0 Å². The van der Waals surface area contributed by atoms with Crippen LogP contribution in [0.2, 0.25) is 0 Å². The van der Waals surface area contributed by atoms with Gasteiger partial charge in [0.15, 0.2) is 0 Å². The fourth-order valence-electron chi connectivity index (χ4n) is 2.25. The van der Waals surface area contributed by atoms with Gasteiger partial charge in [-0.05, 0) is 31.7 Å². The van der Waals surface area contributed by atoms with E-state index in [2.05, 4.69) is 11.4 Å². The molecule has 0 radical (unpaired) electrons. The molecule has 1 aliphatic carbocycles. The van der Waals surface area contributed by atoms with Gasteiger partial charge in [0.05, 0.1) is 18.6 Å². The minimum atomic E-state index is -0.378. The second-order valence-corrected chi connectivity index (χ2v) is 5.63. The summed E-state index contributed by atoms with van der Waals surface area (Å²) in [5.41, 5.74) is 1.67. The molecule has 1 amide bonds. The maximum absolute atomic E-state index is 11.8. The number of nitriles is 1. The summed E-state index contributed by atoms with van der Waals surface area (Å²) in [5, 5.41) is 12.6. The molecule has 1 aromatic heterocycles. The third-order valence-corrected chi connectivity index (χ3v) is 4.35. The van der Waals surface area contributed by atoms with Crippen LogP contribution in [0.1, 0.15) is 42.2 Å². The number of carbonyl (C=O) groups is 2. The van der Waals surface area contributed by atoms with Crippen LogP contribution >= 0.6 is 11.3 Å². The molecule has 0 bridgehead atoms. The molecule has 1 aromatic rings. The van der Waals surface area contributed by atoms with Crippen LogP contribution in [0.4, 0.5) is 5.00 Å². The summed E-state index contributed by atoms with van der Waals surface area (Å²) in [6.07, 6.45) is 3.10. The number of ether oxygens (including phenoxy) is 1. The second-order valence-electron chi connectivity index (χ2n) is 4.53. The number of rotatable bonds is 5. The Labute approximate surface area is 121 Å². The van der Waals surface area contributed by atoms with Crippen molar-refractivity contribution in [2.45, 2.75) is 39.0 Å². The van der Waals surface area contributed by atoms with E-state index < -0.39 is 0 Å². The number of amides is 1. The van der Waals surface area contributed by atoms with Crippen LogP contribution in [0.3, 0.4) is 0 Å². The number of thiophene rings is 1. The number of nitrogens with zero attached hydrogens (tertiary/aromatic N) is 1. The number of anilines is 1. The first-order valence-corrected chi connectivity index (χ1v) is 7.47. The molecule has 0 atom stereocenters. The lowest BCUT2D eigenvalue weighted by molar-refractivity contribution is -0.144. The molecule has 0 saturated heterocycles. The van der Waals surface area contributed by atoms with Gasteiger partial charge in [0.25, 0.3) is 0 Å². The van der Waals surface area contributed by atoms with E-state index in [1.165, 1.54) is 16.2 Å². The molecule has 0 aromatic carbocycles. The highest BCUT2D eigenvalue weighted by Gasteiger charge is 2.23. The lowest BCUT2D eigenvalue weighted by Crippen LogP contribution is -2.14. The molecule has 0 fully saturated rings. The average Bonchev–Trinajstić information content (AvgIpc) is 2.97. The number of esters is 1. The van der Waals surface area contributed by atoms with E-state index >= 15 is 0 Å². The summed E-state index contributed by atoms with van der Waals surface area (Å²) >= 11 is 1.48. The van der Waals surface area contributed by atoms with Crippen molar-refractivity contribution in [3.8, 4) is 6.07 Å². The Bertz CT molecular complexity index is 572. The van der Waals surface area contributed by atoms with Crippen molar-refractivity contribution < 1.29 is 14.3 Å². The molecule has 5 nitrogen and oxygen atoms in total. The molecule has 0 saturated carbocycles. The van der Waals surface area contributed by atoms with E-state index in [1.54, 1.807) is 6.92 Å². The summed E-state index contributed by atoms with van der Waals surface area (Å²) in [6.45, 7) is 2.04. The number of fused-ring (bicyclic) bond motifs is 1. The molecule has 1 heterocycles. The number of hydrogen-bond acceptors (Lipinski definition) is 5. The maximum atomic E-state index is 11.8. The third-order valence-electron chi connectivity index (χ3n) is 3.15. The quantitative estimate of drug-likeness (QED) is 0.845. The van der Waals surface area contributed by atoms with Crippen molar-refractivity contribution in [3.05, 3.63) is 16.0 Å². The SMILES string of the molecule is CCOC(=O)CCC(=O)Nc1sc2c(c1C#N)CCC2. The minimum absolute atomic E-state index is 0.0622. The predicted octanol–water partition coefficient (Wildman–Crippen LogP) is 2.39. The molecule has 0 spiro atoms. The Balaban J connectivity index is 1.95. The van der Waals surface area contributed by atoms with Gasteiger partial charge in [0.1, 0.15) is 11.1 Å². The number of hydrogen-bond donors (Lipinski definition) is 1. The Morgan fingerprint density at radius 3 is 2.90 bits per heavy atom. The van der Waals surface area contributed by atoms with Gasteiger partial charge in [-0.2, -0.15) is 5.26 Å². The summed E-state index contributed by atoms with van der Waals surface area (Å²) in [6, 6.07) is 2.17. The monoisotopic (exact) mass is 292 g/mol. The smallest absolute Gasteiger partial charge is 0.306 e. The highest BCUT2D eigenvalue weighted by atomic mass is 32.1. The molecular weight excluding hydrogens is 276 g/mol. The summed E-state index contributed by atoms with van der Waals surface area (Å²) < 4.78 is 4.77. The zero-order valence-corrected chi connectivity index (χ0v) is 12.1. The first kappa shape index (κ1) is 14.5. The van der Waals surface area contributed by atoms with Gasteiger partial charge in [0, 0.05) is 11.3 Å². The summed E-state index contributed by atoms with van der Waals surface area (Å²) in [7, 11) is 0. The van der Waals surface area contributed by atoms with Crippen LogP contribution in [0, 0.1) is 11.3 Å².